The van der Waals surface area contributed by atoms with E-state index in [0.717, 1.165) is 17.2 Å². The topological polar surface area (TPSA) is 95.5 Å². The van der Waals surface area contributed by atoms with Crippen molar-refractivity contribution in [2.45, 2.75) is 63.6 Å². The first-order valence-electron chi connectivity index (χ1n) is 11.9. The van der Waals surface area contributed by atoms with Gasteiger partial charge in [0.15, 0.2) is 0 Å². The number of rotatable bonds is 9. The summed E-state index contributed by atoms with van der Waals surface area (Å²) in [6.07, 6.45) is -0.358. The highest BCUT2D eigenvalue weighted by atomic mass is 32.2. The largest absolute Gasteiger partial charge is 0.390 e. The summed E-state index contributed by atoms with van der Waals surface area (Å²) in [6.45, 7) is 5.53. The molecule has 3 N–H and O–H groups in total. The van der Waals surface area contributed by atoms with Crippen molar-refractivity contribution in [2.24, 2.45) is 0 Å². The molecular formula is C26H34F2N2O4S. The Morgan fingerprint density at radius 2 is 1.71 bits per heavy atom. The Kier molecular flexibility index (Phi) is 8.67. The number of carbonyl (C=O) groups excluding carboxylic acids is 1. The molecule has 0 spiro atoms. The Hall–Kier alpha value is -2.36. The zero-order valence-electron chi connectivity index (χ0n) is 20.4. The van der Waals surface area contributed by atoms with Gasteiger partial charge in [0.1, 0.15) is 21.5 Å². The molecule has 1 amide bonds. The van der Waals surface area contributed by atoms with Gasteiger partial charge in [0, 0.05) is 25.1 Å². The van der Waals surface area contributed by atoms with Crippen LogP contribution in [0.2, 0.25) is 0 Å². The first kappa shape index (κ1) is 27.2. The molecule has 0 bridgehead atoms. The lowest BCUT2D eigenvalue weighted by atomic mass is 9.82. The van der Waals surface area contributed by atoms with E-state index < -0.39 is 39.2 Å². The normalized spacial score (nSPS) is 18.7. The maximum absolute atomic E-state index is 13.7. The lowest BCUT2D eigenvalue weighted by Gasteiger charge is -2.40. The number of nitrogens with one attached hydrogen (secondary N) is 2. The SMILES string of the molecule is CC(=O)NC(Cc1cc(F)cc(F)c1)C(O)CNC1(c2cccc(C(C)C)c2)CCS(=O)(=O)CC1. The van der Waals surface area contributed by atoms with Gasteiger partial charge in [-0.05, 0) is 54.0 Å². The van der Waals surface area contributed by atoms with Crippen molar-refractivity contribution < 1.29 is 27.1 Å². The molecule has 1 aliphatic heterocycles. The molecule has 9 heteroatoms. The molecule has 1 heterocycles. The average Bonchev–Trinajstić information content (AvgIpc) is 2.77. The number of aliphatic hydroxyl groups is 1. The van der Waals surface area contributed by atoms with E-state index in [0.29, 0.717) is 24.3 Å². The zero-order valence-corrected chi connectivity index (χ0v) is 21.2. The molecule has 6 nitrogen and oxygen atoms in total. The molecule has 192 valence electrons. The van der Waals surface area contributed by atoms with E-state index in [1.807, 2.05) is 18.2 Å². The fraction of sp³-hybridized carbons (Fsp3) is 0.500. The summed E-state index contributed by atoms with van der Waals surface area (Å²) in [5.74, 6) is -1.50. The molecule has 1 aliphatic rings. The monoisotopic (exact) mass is 508 g/mol. The van der Waals surface area contributed by atoms with Gasteiger partial charge in [0.25, 0.3) is 0 Å². The second-order valence-corrected chi connectivity index (χ2v) is 12.1. The van der Waals surface area contributed by atoms with Gasteiger partial charge in [0.2, 0.25) is 5.91 Å². The molecule has 0 radical (unpaired) electrons. The van der Waals surface area contributed by atoms with Crippen molar-refractivity contribution >= 4 is 15.7 Å². The third-order valence-corrected chi connectivity index (χ3v) is 8.32. The van der Waals surface area contributed by atoms with Crippen molar-refractivity contribution in [3.63, 3.8) is 0 Å². The highest BCUT2D eigenvalue weighted by Gasteiger charge is 2.39. The second kappa shape index (κ2) is 11.1. The summed E-state index contributed by atoms with van der Waals surface area (Å²) < 4.78 is 51.7. The van der Waals surface area contributed by atoms with Gasteiger partial charge in [0.05, 0.1) is 23.7 Å². The molecule has 3 rings (SSSR count). The van der Waals surface area contributed by atoms with E-state index in [4.69, 9.17) is 0 Å². The number of hydrogen-bond acceptors (Lipinski definition) is 5. The molecule has 0 aromatic heterocycles. The molecule has 2 unspecified atom stereocenters. The summed E-state index contributed by atoms with van der Waals surface area (Å²) in [6, 6.07) is 10.3. The van der Waals surface area contributed by atoms with Crippen LogP contribution in [0.3, 0.4) is 0 Å². The Morgan fingerprint density at radius 3 is 2.29 bits per heavy atom. The Labute approximate surface area is 206 Å². The second-order valence-electron chi connectivity index (χ2n) is 9.75. The van der Waals surface area contributed by atoms with Crippen LogP contribution >= 0.6 is 0 Å². The maximum Gasteiger partial charge on any atom is 0.217 e. The molecule has 2 aromatic rings. The number of halogens is 2. The summed E-state index contributed by atoms with van der Waals surface area (Å²) >= 11 is 0. The molecule has 35 heavy (non-hydrogen) atoms. The molecule has 1 fully saturated rings. The van der Waals surface area contributed by atoms with E-state index in [1.54, 1.807) is 0 Å². The van der Waals surface area contributed by atoms with E-state index in [2.05, 4.69) is 30.5 Å². The number of hydrogen-bond donors (Lipinski definition) is 3. The minimum Gasteiger partial charge on any atom is -0.390 e. The van der Waals surface area contributed by atoms with Crippen LogP contribution in [0.5, 0.6) is 0 Å². The van der Waals surface area contributed by atoms with Gasteiger partial charge < -0.3 is 15.7 Å². The average molecular weight is 509 g/mol. The first-order chi connectivity index (χ1) is 16.4. The van der Waals surface area contributed by atoms with Crippen LogP contribution < -0.4 is 10.6 Å². The lowest BCUT2D eigenvalue weighted by Crippen LogP contribution is -2.54. The summed E-state index contributed by atoms with van der Waals surface area (Å²) in [4.78, 5) is 11.8. The molecule has 2 atom stereocenters. The zero-order chi connectivity index (χ0) is 25.8. The minimum atomic E-state index is -3.14. The van der Waals surface area contributed by atoms with Crippen LogP contribution in [0, 0.1) is 11.6 Å². The highest BCUT2D eigenvalue weighted by molar-refractivity contribution is 7.91. The summed E-state index contributed by atoms with van der Waals surface area (Å²) in [7, 11) is -3.14. The van der Waals surface area contributed by atoms with Crippen LogP contribution in [0.4, 0.5) is 8.78 Å². The van der Waals surface area contributed by atoms with Gasteiger partial charge >= 0.3 is 0 Å². The lowest BCUT2D eigenvalue weighted by molar-refractivity contribution is -0.120. The van der Waals surface area contributed by atoms with Crippen LogP contribution in [-0.4, -0.2) is 49.6 Å². The van der Waals surface area contributed by atoms with Crippen LogP contribution in [0.15, 0.2) is 42.5 Å². The fourth-order valence-electron chi connectivity index (χ4n) is 4.62. The van der Waals surface area contributed by atoms with Crippen LogP contribution in [0.1, 0.15) is 56.2 Å². The highest BCUT2D eigenvalue weighted by Crippen LogP contribution is 2.35. The molecular weight excluding hydrogens is 474 g/mol. The van der Waals surface area contributed by atoms with Crippen molar-refractivity contribution in [1.29, 1.82) is 0 Å². The third kappa shape index (κ3) is 7.32. The van der Waals surface area contributed by atoms with E-state index in [-0.39, 0.29) is 30.4 Å². The van der Waals surface area contributed by atoms with Gasteiger partial charge in [-0.1, -0.05) is 38.1 Å². The predicted octanol–water partition coefficient (Wildman–Crippen LogP) is 3.19. The Balaban J connectivity index is 1.83. The van der Waals surface area contributed by atoms with Crippen LogP contribution in [-0.2, 0) is 26.6 Å². The molecule has 2 aromatic carbocycles. The molecule has 0 aliphatic carbocycles. The summed E-state index contributed by atoms with van der Waals surface area (Å²) in [5.41, 5.74) is 1.72. The third-order valence-electron chi connectivity index (χ3n) is 6.67. The van der Waals surface area contributed by atoms with E-state index >= 15 is 0 Å². The quantitative estimate of drug-likeness (QED) is 0.484. The van der Waals surface area contributed by atoms with Gasteiger partial charge in [-0.2, -0.15) is 0 Å². The Morgan fingerprint density at radius 1 is 1.09 bits per heavy atom. The van der Waals surface area contributed by atoms with Gasteiger partial charge in [-0.25, -0.2) is 17.2 Å². The smallest absolute Gasteiger partial charge is 0.217 e. The van der Waals surface area contributed by atoms with Gasteiger partial charge in [-0.15, -0.1) is 0 Å². The van der Waals surface area contributed by atoms with Crippen molar-refractivity contribution in [3.05, 3.63) is 70.8 Å². The molecule has 1 saturated heterocycles. The van der Waals surface area contributed by atoms with Crippen molar-refractivity contribution in [1.82, 2.24) is 10.6 Å². The number of carbonyl (C=O) groups is 1. The van der Waals surface area contributed by atoms with Crippen molar-refractivity contribution in [2.75, 3.05) is 18.1 Å². The van der Waals surface area contributed by atoms with E-state index in [1.165, 1.54) is 19.1 Å². The van der Waals surface area contributed by atoms with E-state index in [9.17, 15) is 27.1 Å². The number of benzene rings is 2. The minimum absolute atomic E-state index is 0.0275. The number of amides is 1. The summed E-state index contributed by atoms with van der Waals surface area (Å²) in [5, 5.41) is 17.1. The number of aliphatic hydroxyl groups excluding tert-OH is 1. The number of sulfone groups is 1. The standard InChI is InChI=1S/C26H34F2N2O4S/c1-17(2)20-5-4-6-21(14-20)26(7-9-35(33,34)10-8-26)29-16-25(32)24(30-18(3)31)13-19-11-22(27)15-23(28)12-19/h4-6,11-12,14-15,17,24-25,29,32H,7-10,13,16H2,1-3H3,(H,30,31). The predicted molar refractivity (Wildman–Crippen MR) is 132 cm³/mol. The van der Waals surface area contributed by atoms with Crippen LogP contribution in [0.25, 0.3) is 0 Å². The van der Waals surface area contributed by atoms with Gasteiger partial charge in [-0.3, -0.25) is 4.79 Å². The maximum atomic E-state index is 13.7. The fourth-order valence-corrected chi connectivity index (χ4v) is 6.14. The Bertz CT molecular complexity index is 1120. The van der Waals surface area contributed by atoms with Crippen molar-refractivity contribution in [3.8, 4) is 0 Å². The first-order valence-corrected chi connectivity index (χ1v) is 13.7. The molecule has 0 saturated carbocycles.